The summed E-state index contributed by atoms with van der Waals surface area (Å²) < 4.78 is 13.0. The zero-order chi connectivity index (χ0) is 17.4. The van der Waals surface area contributed by atoms with Crippen molar-refractivity contribution in [1.29, 1.82) is 0 Å². The molecule has 0 amide bonds. The molecule has 3 heterocycles. The van der Waals surface area contributed by atoms with Crippen LogP contribution in [0.25, 0.3) is 0 Å². The normalized spacial score (nSPS) is 22.3. The highest BCUT2D eigenvalue weighted by Gasteiger charge is 2.32. The minimum atomic E-state index is -0.145. The molecule has 1 saturated heterocycles. The van der Waals surface area contributed by atoms with E-state index in [1.807, 2.05) is 6.92 Å². The highest BCUT2D eigenvalue weighted by Crippen LogP contribution is 2.34. The predicted molar refractivity (Wildman–Crippen MR) is 92.0 cm³/mol. The Morgan fingerprint density at radius 3 is 2.88 bits per heavy atom. The fourth-order valence-corrected chi connectivity index (χ4v) is 4.09. The van der Waals surface area contributed by atoms with Crippen LogP contribution in [0.1, 0.15) is 73.7 Å². The molecule has 0 N–H and O–H groups in total. The number of aryl methyl sites for hydroxylation is 1. The van der Waals surface area contributed by atoms with Crippen LogP contribution in [0.2, 0.25) is 0 Å². The van der Waals surface area contributed by atoms with Crippen LogP contribution in [0, 0.1) is 0 Å². The van der Waals surface area contributed by atoms with Gasteiger partial charge in [0.15, 0.2) is 5.82 Å². The Morgan fingerprint density at radius 2 is 2.08 bits per heavy atom. The van der Waals surface area contributed by atoms with Crippen molar-refractivity contribution < 1.29 is 9.26 Å². The fourth-order valence-electron chi connectivity index (χ4n) is 4.09. The van der Waals surface area contributed by atoms with E-state index in [2.05, 4.69) is 26.7 Å². The van der Waals surface area contributed by atoms with E-state index < -0.39 is 0 Å². The summed E-state index contributed by atoms with van der Waals surface area (Å²) >= 11 is 0. The minimum absolute atomic E-state index is 0.145. The molecular weight excluding hydrogens is 318 g/mol. The molecule has 0 radical (unpaired) electrons. The molecule has 0 bridgehead atoms. The van der Waals surface area contributed by atoms with Crippen molar-refractivity contribution in [3.63, 3.8) is 0 Å². The van der Waals surface area contributed by atoms with Gasteiger partial charge in [-0.25, -0.2) is 4.98 Å². The number of aromatic nitrogens is 4. The van der Waals surface area contributed by atoms with Gasteiger partial charge >= 0.3 is 0 Å². The summed E-state index contributed by atoms with van der Waals surface area (Å²) in [5.74, 6) is 2.47. The minimum Gasteiger partial charge on any atom is -0.374 e. The molecule has 25 heavy (non-hydrogen) atoms. The third kappa shape index (κ3) is 3.11. The maximum absolute atomic E-state index is 5.44. The van der Waals surface area contributed by atoms with Gasteiger partial charge in [-0.1, -0.05) is 5.16 Å². The van der Waals surface area contributed by atoms with Gasteiger partial charge in [-0.15, -0.1) is 0 Å². The van der Waals surface area contributed by atoms with E-state index in [0.717, 1.165) is 25.8 Å². The topological polar surface area (TPSA) is 69.2 Å². The second-order valence-corrected chi connectivity index (χ2v) is 7.18. The molecule has 1 aliphatic heterocycles. The molecule has 0 unspecified atom stereocenters. The first-order chi connectivity index (χ1) is 12.2. The summed E-state index contributed by atoms with van der Waals surface area (Å²) in [4.78, 5) is 11.9. The van der Waals surface area contributed by atoms with Crippen molar-refractivity contribution in [2.75, 3.05) is 13.7 Å². The second kappa shape index (κ2) is 6.88. The third-order valence-corrected chi connectivity index (χ3v) is 5.61. The summed E-state index contributed by atoms with van der Waals surface area (Å²) in [5.41, 5.74) is 2.74. The van der Waals surface area contributed by atoms with Crippen molar-refractivity contribution in [3.05, 3.63) is 28.9 Å². The molecule has 7 heteroatoms. The van der Waals surface area contributed by atoms with Crippen molar-refractivity contribution in [3.8, 4) is 0 Å². The second-order valence-electron chi connectivity index (χ2n) is 7.18. The lowest BCUT2D eigenvalue weighted by Crippen LogP contribution is -2.25. The van der Waals surface area contributed by atoms with Crippen LogP contribution in [0.5, 0.6) is 0 Å². The van der Waals surface area contributed by atoms with Gasteiger partial charge in [0.25, 0.3) is 0 Å². The number of ether oxygens (including phenoxy) is 1. The maximum Gasteiger partial charge on any atom is 0.240 e. The van der Waals surface area contributed by atoms with Crippen LogP contribution in [0.3, 0.4) is 0 Å². The average Bonchev–Trinajstić information content (AvgIpc) is 3.35. The Kier molecular flexibility index (Phi) is 4.60. The molecule has 7 nitrogen and oxygen atoms in total. The van der Waals surface area contributed by atoms with E-state index >= 15 is 0 Å². The van der Waals surface area contributed by atoms with Gasteiger partial charge in [-0.2, -0.15) is 4.98 Å². The highest BCUT2D eigenvalue weighted by molar-refractivity contribution is 5.22. The third-order valence-electron chi connectivity index (χ3n) is 5.61. The molecule has 2 aromatic rings. The Balaban J connectivity index is 1.53. The van der Waals surface area contributed by atoms with Gasteiger partial charge in [-0.3, -0.25) is 4.90 Å². The molecule has 2 atom stereocenters. The standard InChI is InChI=1S/C18H27N5O2/c1-12(24-3)17-20-16(25-21-17)11-23-10-6-9-15(23)18-19-13-7-4-5-8-14(13)22(18)2/h12,15H,4-11H2,1-3H3/t12-,15-/m1/s1. The molecule has 0 saturated carbocycles. The van der Waals surface area contributed by atoms with E-state index in [0.29, 0.717) is 24.3 Å². The van der Waals surface area contributed by atoms with Crippen molar-refractivity contribution in [2.45, 2.75) is 64.1 Å². The maximum atomic E-state index is 5.44. The number of rotatable bonds is 5. The van der Waals surface area contributed by atoms with Crippen LogP contribution in [0.4, 0.5) is 0 Å². The van der Waals surface area contributed by atoms with E-state index in [4.69, 9.17) is 14.2 Å². The summed E-state index contributed by atoms with van der Waals surface area (Å²) in [7, 11) is 3.83. The van der Waals surface area contributed by atoms with Crippen LogP contribution in [-0.2, 0) is 31.2 Å². The van der Waals surface area contributed by atoms with Gasteiger partial charge in [0.05, 0.1) is 18.3 Å². The van der Waals surface area contributed by atoms with Crippen molar-refractivity contribution in [2.24, 2.45) is 7.05 Å². The fraction of sp³-hybridized carbons (Fsp3) is 0.722. The number of nitrogens with zero attached hydrogens (tertiary/aromatic N) is 5. The largest absolute Gasteiger partial charge is 0.374 e. The zero-order valence-electron chi connectivity index (χ0n) is 15.4. The summed E-state index contributed by atoms with van der Waals surface area (Å²) in [6.07, 6.45) is 7.00. The van der Waals surface area contributed by atoms with Gasteiger partial charge in [0.1, 0.15) is 11.9 Å². The van der Waals surface area contributed by atoms with Crippen molar-refractivity contribution in [1.82, 2.24) is 24.6 Å². The Morgan fingerprint density at radius 1 is 1.24 bits per heavy atom. The SMILES string of the molecule is CO[C@H](C)c1noc(CN2CCC[C@@H]2c2nc3c(n2C)CCCC3)n1. The highest BCUT2D eigenvalue weighted by atomic mass is 16.5. The van der Waals surface area contributed by atoms with Crippen LogP contribution in [-0.4, -0.2) is 38.2 Å². The first-order valence-electron chi connectivity index (χ1n) is 9.31. The quantitative estimate of drug-likeness (QED) is 0.830. The molecule has 2 aromatic heterocycles. The van der Waals surface area contributed by atoms with Crippen LogP contribution in [0.15, 0.2) is 4.52 Å². The van der Waals surface area contributed by atoms with E-state index in [1.165, 1.54) is 36.5 Å². The molecule has 0 spiro atoms. The number of fused-ring (bicyclic) bond motifs is 1. The predicted octanol–water partition coefficient (Wildman–Crippen LogP) is 2.73. The van der Waals surface area contributed by atoms with Gasteiger partial charge < -0.3 is 13.8 Å². The number of imidazole rings is 1. The Labute approximate surface area is 148 Å². The molecule has 4 rings (SSSR count). The van der Waals surface area contributed by atoms with E-state index in [1.54, 1.807) is 7.11 Å². The average molecular weight is 345 g/mol. The van der Waals surface area contributed by atoms with Crippen molar-refractivity contribution >= 4 is 0 Å². The summed E-state index contributed by atoms with van der Waals surface area (Å²) in [6, 6.07) is 0.339. The van der Waals surface area contributed by atoms with Gasteiger partial charge in [-0.05, 0) is 52.0 Å². The number of likely N-dealkylation sites (tertiary alicyclic amines) is 1. The first kappa shape index (κ1) is 16.7. The monoisotopic (exact) mass is 345 g/mol. The smallest absolute Gasteiger partial charge is 0.240 e. The molecule has 2 aliphatic rings. The molecule has 1 fully saturated rings. The summed E-state index contributed by atoms with van der Waals surface area (Å²) in [6.45, 7) is 3.64. The lowest BCUT2D eigenvalue weighted by molar-refractivity contribution is 0.109. The zero-order valence-corrected chi connectivity index (χ0v) is 15.4. The molecule has 0 aromatic carbocycles. The van der Waals surface area contributed by atoms with E-state index in [-0.39, 0.29) is 6.10 Å². The van der Waals surface area contributed by atoms with Crippen LogP contribution < -0.4 is 0 Å². The Hall–Kier alpha value is -1.73. The number of hydrogen-bond acceptors (Lipinski definition) is 6. The number of methoxy groups -OCH3 is 1. The van der Waals surface area contributed by atoms with Crippen LogP contribution >= 0.6 is 0 Å². The summed E-state index contributed by atoms with van der Waals surface area (Å²) in [5, 5.41) is 4.04. The molecule has 1 aliphatic carbocycles. The lowest BCUT2D eigenvalue weighted by atomic mass is 10.0. The van der Waals surface area contributed by atoms with Gasteiger partial charge in [0, 0.05) is 19.9 Å². The Bertz CT molecular complexity index is 738. The molecule has 136 valence electrons. The lowest BCUT2D eigenvalue weighted by Gasteiger charge is -2.22. The van der Waals surface area contributed by atoms with Gasteiger partial charge in [0.2, 0.25) is 5.89 Å². The first-order valence-corrected chi connectivity index (χ1v) is 9.31. The van der Waals surface area contributed by atoms with E-state index in [9.17, 15) is 0 Å². The number of hydrogen-bond donors (Lipinski definition) is 0. The molecular formula is C18H27N5O2.